The van der Waals surface area contributed by atoms with Gasteiger partial charge in [-0.3, -0.25) is 10.1 Å². The van der Waals surface area contributed by atoms with Gasteiger partial charge in [-0.2, -0.15) is 5.26 Å². The van der Waals surface area contributed by atoms with E-state index in [2.05, 4.69) is 37.1 Å². The number of amides is 1. The molecule has 0 spiro atoms. The third kappa shape index (κ3) is 5.76. The molecule has 5 nitrogen and oxygen atoms in total. The molecular weight excluding hydrogens is 354 g/mol. The van der Waals surface area contributed by atoms with Gasteiger partial charge in [-0.15, -0.1) is 0 Å². The van der Waals surface area contributed by atoms with E-state index in [4.69, 9.17) is 10.00 Å². The van der Waals surface area contributed by atoms with Crippen molar-refractivity contribution in [2.75, 3.05) is 17.7 Å². The minimum Gasteiger partial charge on any atom is -0.484 e. The molecule has 1 N–H and O–H groups in total. The number of nitriles is 1. The number of nitrogens with zero attached hydrogens (tertiary/aromatic N) is 2. The minimum absolute atomic E-state index is 0.0253. The third-order valence-electron chi connectivity index (χ3n) is 3.34. The molecule has 1 aromatic heterocycles. The number of ether oxygens (including phenoxy) is 1. The van der Waals surface area contributed by atoms with Crippen molar-refractivity contribution in [2.45, 2.75) is 37.3 Å². The lowest BCUT2D eigenvalue weighted by Crippen LogP contribution is -2.20. The monoisotopic (exact) mass is 375 g/mol. The zero-order chi connectivity index (χ0) is 18.4. The standard InChI is InChI=1S/C18H21N3O2S2/c1-12-16(24-9-8-19)25-17(20-12)21-15(22)11-23-14-7-5-6-13(10-14)18(2,3)4/h5-7,10H,9,11H2,1-4H3,(H,20,21,22). The first-order chi connectivity index (χ1) is 11.8. The smallest absolute Gasteiger partial charge is 0.264 e. The van der Waals surface area contributed by atoms with Crippen molar-refractivity contribution in [3.63, 3.8) is 0 Å². The van der Waals surface area contributed by atoms with Crippen molar-refractivity contribution < 1.29 is 9.53 Å². The van der Waals surface area contributed by atoms with Gasteiger partial charge in [0.05, 0.1) is 21.7 Å². The molecule has 0 atom stereocenters. The van der Waals surface area contributed by atoms with Gasteiger partial charge in [-0.05, 0) is 30.0 Å². The number of anilines is 1. The van der Waals surface area contributed by atoms with Crippen LogP contribution in [0.2, 0.25) is 0 Å². The van der Waals surface area contributed by atoms with Gasteiger partial charge in [0.25, 0.3) is 5.91 Å². The van der Waals surface area contributed by atoms with Crippen LogP contribution in [-0.2, 0) is 10.2 Å². The van der Waals surface area contributed by atoms with Crippen LogP contribution in [0, 0.1) is 18.3 Å². The summed E-state index contributed by atoms with van der Waals surface area (Å²) in [6.07, 6.45) is 0. The summed E-state index contributed by atoms with van der Waals surface area (Å²) >= 11 is 2.79. The normalized spacial score (nSPS) is 11.0. The van der Waals surface area contributed by atoms with Gasteiger partial charge >= 0.3 is 0 Å². The van der Waals surface area contributed by atoms with Crippen molar-refractivity contribution >= 4 is 34.1 Å². The predicted octanol–water partition coefficient (Wildman–Crippen LogP) is 4.38. The van der Waals surface area contributed by atoms with E-state index in [1.807, 2.05) is 31.2 Å². The van der Waals surface area contributed by atoms with Crippen LogP contribution in [0.5, 0.6) is 5.75 Å². The number of carbonyl (C=O) groups is 1. The summed E-state index contributed by atoms with van der Waals surface area (Å²) in [5, 5.41) is 11.9. The van der Waals surface area contributed by atoms with E-state index in [9.17, 15) is 4.79 Å². The fourth-order valence-electron chi connectivity index (χ4n) is 2.02. The number of hydrogen-bond donors (Lipinski definition) is 1. The first kappa shape index (κ1) is 19.3. The van der Waals surface area contributed by atoms with Crippen LogP contribution in [0.3, 0.4) is 0 Å². The maximum atomic E-state index is 12.1. The van der Waals surface area contributed by atoms with Crippen LogP contribution in [0.15, 0.2) is 28.5 Å². The van der Waals surface area contributed by atoms with Crippen LogP contribution in [0.1, 0.15) is 32.0 Å². The Hall–Kier alpha value is -2.04. The second-order valence-electron chi connectivity index (χ2n) is 6.45. The maximum absolute atomic E-state index is 12.1. The first-order valence-electron chi connectivity index (χ1n) is 7.80. The minimum atomic E-state index is -0.258. The number of hydrogen-bond acceptors (Lipinski definition) is 6. The molecule has 0 saturated carbocycles. The van der Waals surface area contributed by atoms with Crippen LogP contribution in [0.4, 0.5) is 5.13 Å². The Morgan fingerprint density at radius 1 is 1.44 bits per heavy atom. The Morgan fingerprint density at radius 3 is 2.88 bits per heavy atom. The van der Waals surface area contributed by atoms with E-state index >= 15 is 0 Å². The predicted molar refractivity (Wildman–Crippen MR) is 102 cm³/mol. The van der Waals surface area contributed by atoms with Crippen LogP contribution in [-0.4, -0.2) is 23.3 Å². The fraction of sp³-hybridized carbons (Fsp3) is 0.389. The molecule has 1 heterocycles. The van der Waals surface area contributed by atoms with Gasteiger partial charge in [0.2, 0.25) is 0 Å². The molecule has 0 unspecified atom stereocenters. The third-order valence-corrected chi connectivity index (χ3v) is 5.64. The summed E-state index contributed by atoms with van der Waals surface area (Å²) in [6, 6.07) is 9.85. The maximum Gasteiger partial charge on any atom is 0.264 e. The molecule has 2 rings (SSSR count). The first-order valence-corrected chi connectivity index (χ1v) is 9.60. The molecule has 7 heteroatoms. The lowest BCUT2D eigenvalue weighted by Gasteiger charge is -2.19. The Kier molecular flexibility index (Phi) is 6.45. The molecule has 0 bridgehead atoms. The average Bonchev–Trinajstić information content (AvgIpc) is 2.90. The Labute approximate surface area is 156 Å². The van der Waals surface area contributed by atoms with Gasteiger partial charge in [0, 0.05) is 0 Å². The Morgan fingerprint density at radius 2 is 2.20 bits per heavy atom. The quantitative estimate of drug-likeness (QED) is 0.758. The van der Waals surface area contributed by atoms with Crippen LogP contribution < -0.4 is 10.1 Å². The number of aryl methyl sites for hydroxylation is 1. The largest absolute Gasteiger partial charge is 0.484 e. The molecule has 0 saturated heterocycles. The number of rotatable bonds is 6. The highest BCUT2D eigenvalue weighted by atomic mass is 32.2. The molecule has 25 heavy (non-hydrogen) atoms. The highest BCUT2D eigenvalue weighted by Crippen LogP contribution is 2.31. The average molecular weight is 376 g/mol. The van der Waals surface area contributed by atoms with E-state index in [0.29, 0.717) is 16.6 Å². The summed E-state index contributed by atoms with van der Waals surface area (Å²) in [4.78, 5) is 16.4. The molecule has 1 aromatic carbocycles. The molecule has 0 aliphatic heterocycles. The molecule has 0 radical (unpaired) electrons. The summed E-state index contributed by atoms with van der Waals surface area (Å²) in [7, 11) is 0. The van der Waals surface area contributed by atoms with Crippen molar-refractivity contribution in [3.8, 4) is 11.8 Å². The summed E-state index contributed by atoms with van der Waals surface area (Å²) in [5.41, 5.74) is 2.00. The van der Waals surface area contributed by atoms with Gasteiger partial charge in [0.1, 0.15) is 5.75 Å². The van der Waals surface area contributed by atoms with E-state index in [0.717, 1.165) is 15.5 Å². The lowest BCUT2D eigenvalue weighted by molar-refractivity contribution is -0.118. The summed E-state index contributed by atoms with van der Waals surface area (Å²) < 4.78 is 6.53. The van der Waals surface area contributed by atoms with Gasteiger partial charge < -0.3 is 4.74 Å². The number of carbonyl (C=O) groups excluding carboxylic acids is 1. The SMILES string of the molecule is Cc1nc(NC(=O)COc2cccc(C(C)(C)C)c2)sc1SCC#N. The number of thioether (sulfide) groups is 1. The summed E-state index contributed by atoms with van der Waals surface area (Å²) in [6.45, 7) is 8.18. The Bertz CT molecular complexity index is 788. The van der Waals surface area contributed by atoms with Gasteiger partial charge in [-0.25, -0.2) is 4.98 Å². The topological polar surface area (TPSA) is 75.0 Å². The number of thiazole rings is 1. The Balaban J connectivity index is 1.92. The van der Waals surface area contributed by atoms with E-state index < -0.39 is 0 Å². The van der Waals surface area contributed by atoms with Gasteiger partial charge in [-0.1, -0.05) is 56.0 Å². The van der Waals surface area contributed by atoms with Crippen molar-refractivity contribution in [1.29, 1.82) is 5.26 Å². The van der Waals surface area contributed by atoms with Crippen molar-refractivity contribution in [3.05, 3.63) is 35.5 Å². The highest BCUT2D eigenvalue weighted by Gasteiger charge is 2.15. The van der Waals surface area contributed by atoms with E-state index in [1.165, 1.54) is 23.1 Å². The molecule has 132 valence electrons. The molecule has 2 aromatic rings. The number of aromatic nitrogens is 1. The molecule has 0 aliphatic rings. The highest BCUT2D eigenvalue weighted by molar-refractivity contribution is 8.01. The van der Waals surface area contributed by atoms with Crippen LogP contribution in [0.25, 0.3) is 0 Å². The summed E-state index contributed by atoms with van der Waals surface area (Å²) in [5.74, 6) is 0.777. The zero-order valence-corrected chi connectivity index (χ0v) is 16.4. The number of benzene rings is 1. The fourth-order valence-corrected chi connectivity index (χ4v) is 3.84. The molecule has 0 aliphatic carbocycles. The van der Waals surface area contributed by atoms with Crippen LogP contribution >= 0.6 is 23.1 Å². The van der Waals surface area contributed by atoms with Crippen molar-refractivity contribution in [1.82, 2.24) is 4.98 Å². The lowest BCUT2D eigenvalue weighted by atomic mass is 9.87. The second-order valence-corrected chi connectivity index (χ2v) is 8.70. The molecule has 1 amide bonds. The molecular formula is C18H21N3O2S2. The van der Waals surface area contributed by atoms with Crippen molar-refractivity contribution in [2.24, 2.45) is 0 Å². The van der Waals surface area contributed by atoms with Gasteiger partial charge in [0.15, 0.2) is 11.7 Å². The second kappa shape index (κ2) is 8.37. The van der Waals surface area contributed by atoms with E-state index in [1.54, 1.807) is 0 Å². The number of nitrogens with one attached hydrogen (secondary N) is 1. The zero-order valence-electron chi connectivity index (χ0n) is 14.8. The van der Waals surface area contributed by atoms with E-state index in [-0.39, 0.29) is 17.9 Å². The molecule has 0 fully saturated rings.